The van der Waals surface area contributed by atoms with Gasteiger partial charge in [-0.25, -0.2) is 4.39 Å². The van der Waals surface area contributed by atoms with E-state index < -0.39 is 0 Å². The number of hydrogen-bond donors (Lipinski definition) is 1. The molecule has 1 atom stereocenters. The Morgan fingerprint density at radius 2 is 2.16 bits per heavy atom. The number of nitrogens with one attached hydrogen (secondary N) is 1. The highest BCUT2D eigenvalue weighted by Crippen LogP contribution is 2.26. The van der Waals surface area contributed by atoms with E-state index in [-0.39, 0.29) is 11.9 Å². The highest BCUT2D eigenvalue weighted by molar-refractivity contribution is 9.10. The number of likely N-dealkylation sites (N-methyl/N-ethyl adjacent to an activating group) is 1. The van der Waals surface area contributed by atoms with Crippen molar-refractivity contribution in [2.24, 2.45) is 0 Å². The molecule has 1 aromatic heterocycles. The lowest BCUT2D eigenvalue weighted by molar-refractivity contribution is 0.507. The molecule has 0 saturated carbocycles. The summed E-state index contributed by atoms with van der Waals surface area (Å²) in [6, 6.07) is 9.25. The Balaban J connectivity index is 2.27. The van der Waals surface area contributed by atoms with E-state index in [9.17, 15) is 4.39 Å². The van der Waals surface area contributed by atoms with Crippen LogP contribution >= 0.6 is 15.9 Å². The Hall–Kier alpha value is -1.26. The van der Waals surface area contributed by atoms with Crippen LogP contribution in [-0.2, 0) is 6.42 Å². The number of hydrogen-bond acceptors (Lipinski definition) is 2. The van der Waals surface area contributed by atoms with Crippen molar-refractivity contribution in [1.82, 2.24) is 10.3 Å². The van der Waals surface area contributed by atoms with Gasteiger partial charge in [-0.1, -0.05) is 25.1 Å². The second-order valence-corrected chi connectivity index (χ2v) is 5.17. The first-order valence-corrected chi connectivity index (χ1v) is 7.08. The summed E-state index contributed by atoms with van der Waals surface area (Å²) in [5.74, 6) is -0.197. The van der Waals surface area contributed by atoms with Gasteiger partial charge in [-0.05, 0) is 46.6 Å². The molecule has 2 nitrogen and oxygen atoms in total. The van der Waals surface area contributed by atoms with E-state index in [1.165, 1.54) is 0 Å². The van der Waals surface area contributed by atoms with Crippen LogP contribution in [0.2, 0.25) is 0 Å². The molecule has 0 fully saturated rings. The van der Waals surface area contributed by atoms with Crippen LogP contribution in [0, 0.1) is 5.82 Å². The van der Waals surface area contributed by atoms with E-state index in [0.717, 1.165) is 18.5 Å². The van der Waals surface area contributed by atoms with Gasteiger partial charge in [0, 0.05) is 24.0 Å². The fraction of sp³-hybridized carbons (Fsp3) is 0.267. The van der Waals surface area contributed by atoms with E-state index in [1.54, 1.807) is 12.3 Å². The normalized spacial score (nSPS) is 12.4. The molecule has 1 heterocycles. The summed E-state index contributed by atoms with van der Waals surface area (Å²) >= 11 is 3.24. The van der Waals surface area contributed by atoms with Gasteiger partial charge in [0.05, 0.1) is 4.47 Å². The lowest BCUT2D eigenvalue weighted by Gasteiger charge is -2.19. The average molecular weight is 323 g/mol. The van der Waals surface area contributed by atoms with Crippen molar-refractivity contribution < 1.29 is 4.39 Å². The Morgan fingerprint density at radius 1 is 1.32 bits per heavy atom. The maximum absolute atomic E-state index is 14.2. The summed E-state index contributed by atoms with van der Waals surface area (Å²) in [7, 11) is 0. The SMILES string of the molecule is CCNC(Cc1cccnc1)c1cccc(Br)c1F. The largest absolute Gasteiger partial charge is 0.310 e. The Morgan fingerprint density at radius 3 is 2.84 bits per heavy atom. The molecular formula is C15H16BrFN2. The van der Waals surface area contributed by atoms with Gasteiger partial charge in [0.1, 0.15) is 5.82 Å². The van der Waals surface area contributed by atoms with Gasteiger partial charge in [0.25, 0.3) is 0 Å². The lowest BCUT2D eigenvalue weighted by atomic mass is 9.99. The fourth-order valence-corrected chi connectivity index (χ4v) is 2.46. The summed E-state index contributed by atoms with van der Waals surface area (Å²) in [5, 5.41) is 3.33. The molecule has 0 saturated heterocycles. The summed E-state index contributed by atoms with van der Waals surface area (Å²) in [5.41, 5.74) is 1.77. The zero-order valence-electron chi connectivity index (χ0n) is 10.7. The summed E-state index contributed by atoms with van der Waals surface area (Å²) in [4.78, 5) is 4.10. The van der Waals surface area contributed by atoms with Crippen LogP contribution < -0.4 is 5.32 Å². The highest BCUT2D eigenvalue weighted by atomic mass is 79.9. The van der Waals surface area contributed by atoms with Crippen LogP contribution in [0.25, 0.3) is 0 Å². The Labute approximate surface area is 121 Å². The van der Waals surface area contributed by atoms with Gasteiger partial charge >= 0.3 is 0 Å². The van der Waals surface area contributed by atoms with Crippen molar-refractivity contribution in [2.75, 3.05) is 6.54 Å². The number of pyridine rings is 1. The van der Waals surface area contributed by atoms with Crippen molar-refractivity contribution >= 4 is 15.9 Å². The first kappa shape index (κ1) is 14.2. The smallest absolute Gasteiger partial charge is 0.142 e. The first-order valence-electron chi connectivity index (χ1n) is 6.28. The second kappa shape index (κ2) is 6.78. The Kier molecular flexibility index (Phi) is 5.05. The third-order valence-corrected chi connectivity index (χ3v) is 3.58. The van der Waals surface area contributed by atoms with Gasteiger partial charge in [-0.15, -0.1) is 0 Å². The predicted molar refractivity (Wildman–Crippen MR) is 78.5 cm³/mol. The molecule has 1 N–H and O–H groups in total. The van der Waals surface area contributed by atoms with Gasteiger partial charge < -0.3 is 5.32 Å². The predicted octanol–water partition coefficient (Wildman–Crippen LogP) is 3.88. The molecule has 0 radical (unpaired) electrons. The molecular weight excluding hydrogens is 307 g/mol. The third-order valence-electron chi connectivity index (χ3n) is 2.97. The second-order valence-electron chi connectivity index (χ2n) is 4.32. The van der Waals surface area contributed by atoms with Crippen molar-refractivity contribution in [3.05, 3.63) is 64.1 Å². The minimum absolute atomic E-state index is 0.0494. The van der Waals surface area contributed by atoms with Crippen molar-refractivity contribution in [1.29, 1.82) is 0 Å². The molecule has 0 amide bonds. The van der Waals surface area contributed by atoms with Crippen LogP contribution in [0.1, 0.15) is 24.1 Å². The van der Waals surface area contributed by atoms with E-state index in [2.05, 4.69) is 26.2 Å². The third kappa shape index (κ3) is 3.61. The molecule has 4 heteroatoms. The maximum atomic E-state index is 14.2. The zero-order chi connectivity index (χ0) is 13.7. The van der Waals surface area contributed by atoms with Crippen LogP contribution in [0.4, 0.5) is 4.39 Å². The average Bonchev–Trinajstić information content (AvgIpc) is 2.43. The molecule has 0 bridgehead atoms. The molecule has 2 aromatic rings. The zero-order valence-corrected chi connectivity index (χ0v) is 12.3. The molecule has 100 valence electrons. The number of rotatable bonds is 5. The van der Waals surface area contributed by atoms with Crippen LogP contribution in [0.15, 0.2) is 47.2 Å². The summed E-state index contributed by atoms with van der Waals surface area (Å²) in [6.07, 6.45) is 4.28. The summed E-state index contributed by atoms with van der Waals surface area (Å²) < 4.78 is 14.7. The lowest BCUT2D eigenvalue weighted by Crippen LogP contribution is -2.24. The number of aromatic nitrogens is 1. The van der Waals surface area contributed by atoms with Gasteiger partial charge in [0.15, 0.2) is 0 Å². The topological polar surface area (TPSA) is 24.9 Å². The number of benzene rings is 1. The summed E-state index contributed by atoms with van der Waals surface area (Å²) in [6.45, 7) is 2.81. The molecule has 1 aromatic carbocycles. The van der Waals surface area contributed by atoms with Crippen LogP contribution in [0.5, 0.6) is 0 Å². The van der Waals surface area contributed by atoms with E-state index in [1.807, 2.05) is 37.4 Å². The van der Waals surface area contributed by atoms with Crippen LogP contribution in [-0.4, -0.2) is 11.5 Å². The molecule has 0 spiro atoms. The van der Waals surface area contributed by atoms with E-state index in [0.29, 0.717) is 10.0 Å². The molecule has 0 aliphatic heterocycles. The Bertz CT molecular complexity index is 531. The van der Waals surface area contributed by atoms with Crippen LogP contribution in [0.3, 0.4) is 0 Å². The van der Waals surface area contributed by atoms with Crippen molar-refractivity contribution in [3.8, 4) is 0 Å². The minimum Gasteiger partial charge on any atom is -0.310 e. The number of nitrogens with zero attached hydrogens (tertiary/aromatic N) is 1. The highest BCUT2D eigenvalue weighted by Gasteiger charge is 2.17. The monoisotopic (exact) mass is 322 g/mol. The maximum Gasteiger partial charge on any atom is 0.142 e. The van der Waals surface area contributed by atoms with E-state index >= 15 is 0 Å². The van der Waals surface area contributed by atoms with Gasteiger partial charge in [-0.2, -0.15) is 0 Å². The minimum atomic E-state index is -0.197. The van der Waals surface area contributed by atoms with Gasteiger partial charge in [-0.3, -0.25) is 4.98 Å². The molecule has 1 unspecified atom stereocenters. The fourth-order valence-electron chi connectivity index (χ4n) is 2.08. The first-order chi connectivity index (χ1) is 9.22. The standard InChI is InChI=1S/C15H16BrFN2/c1-2-19-14(9-11-5-4-8-18-10-11)12-6-3-7-13(16)15(12)17/h3-8,10,14,19H,2,9H2,1H3. The molecule has 2 rings (SSSR count). The number of halogens is 2. The van der Waals surface area contributed by atoms with Crippen molar-refractivity contribution in [3.63, 3.8) is 0 Å². The molecule has 0 aliphatic rings. The molecule has 0 aliphatic carbocycles. The van der Waals surface area contributed by atoms with Crippen molar-refractivity contribution in [2.45, 2.75) is 19.4 Å². The van der Waals surface area contributed by atoms with E-state index in [4.69, 9.17) is 0 Å². The quantitative estimate of drug-likeness (QED) is 0.903. The molecule has 19 heavy (non-hydrogen) atoms. The van der Waals surface area contributed by atoms with Gasteiger partial charge in [0.2, 0.25) is 0 Å².